The Hall–Kier alpha value is -0.560. The van der Waals surface area contributed by atoms with Crippen molar-refractivity contribution in [2.24, 2.45) is 0 Å². The molecule has 1 atom stereocenters. The number of unbranched alkanes of at least 4 members (excludes halogenated alkanes) is 2. The Bertz CT molecular complexity index is 187. The zero-order valence-corrected chi connectivity index (χ0v) is 9.95. The SMILES string of the molecule is CCCCC#CC(O)C(OCC)OCC. The van der Waals surface area contributed by atoms with Crippen molar-refractivity contribution in [1.29, 1.82) is 0 Å². The summed E-state index contributed by atoms with van der Waals surface area (Å²) in [5.41, 5.74) is 0. The van der Waals surface area contributed by atoms with Crippen molar-refractivity contribution in [2.45, 2.75) is 52.4 Å². The summed E-state index contributed by atoms with van der Waals surface area (Å²) >= 11 is 0. The average molecular weight is 214 g/mol. The van der Waals surface area contributed by atoms with E-state index in [2.05, 4.69) is 18.8 Å². The number of ether oxygens (including phenoxy) is 2. The van der Waals surface area contributed by atoms with Gasteiger partial charge >= 0.3 is 0 Å². The van der Waals surface area contributed by atoms with Gasteiger partial charge in [0.2, 0.25) is 0 Å². The molecule has 0 aliphatic carbocycles. The van der Waals surface area contributed by atoms with Gasteiger partial charge in [0.15, 0.2) is 12.4 Å². The minimum absolute atomic E-state index is 0.512. The van der Waals surface area contributed by atoms with Crippen LogP contribution in [-0.2, 0) is 9.47 Å². The second kappa shape index (κ2) is 9.97. The van der Waals surface area contributed by atoms with Crippen molar-refractivity contribution in [2.75, 3.05) is 13.2 Å². The molecule has 0 saturated carbocycles. The third-order valence-electron chi connectivity index (χ3n) is 1.82. The standard InChI is InChI=1S/C12H22O3/c1-4-7-8-9-10-11(13)12(14-5-2)15-6-3/h11-13H,4-8H2,1-3H3. The van der Waals surface area contributed by atoms with Crippen LogP contribution in [0, 0.1) is 11.8 Å². The minimum Gasteiger partial charge on any atom is -0.375 e. The molecule has 1 unspecified atom stereocenters. The van der Waals surface area contributed by atoms with Gasteiger partial charge in [0, 0.05) is 19.6 Å². The average Bonchev–Trinajstić information content (AvgIpc) is 2.24. The summed E-state index contributed by atoms with van der Waals surface area (Å²) in [6, 6.07) is 0. The molecule has 15 heavy (non-hydrogen) atoms. The molecule has 0 amide bonds. The molecule has 88 valence electrons. The maximum atomic E-state index is 9.65. The summed E-state index contributed by atoms with van der Waals surface area (Å²) in [5.74, 6) is 5.67. The zero-order valence-electron chi connectivity index (χ0n) is 9.95. The Balaban J connectivity index is 3.97. The molecular formula is C12H22O3. The lowest BCUT2D eigenvalue weighted by molar-refractivity contribution is -0.174. The Morgan fingerprint density at radius 2 is 1.73 bits per heavy atom. The summed E-state index contributed by atoms with van der Waals surface area (Å²) in [6.45, 7) is 6.87. The summed E-state index contributed by atoms with van der Waals surface area (Å²) in [5, 5.41) is 9.65. The fourth-order valence-electron chi connectivity index (χ4n) is 1.07. The van der Waals surface area contributed by atoms with Crippen LogP contribution >= 0.6 is 0 Å². The molecule has 3 nitrogen and oxygen atoms in total. The molecule has 0 fully saturated rings. The van der Waals surface area contributed by atoms with Gasteiger partial charge < -0.3 is 14.6 Å². The summed E-state index contributed by atoms with van der Waals surface area (Å²) in [6.07, 6.45) is 1.54. The molecule has 0 spiro atoms. The third-order valence-corrected chi connectivity index (χ3v) is 1.82. The molecule has 0 aromatic carbocycles. The van der Waals surface area contributed by atoms with Gasteiger partial charge in [-0.25, -0.2) is 0 Å². The molecule has 0 aromatic heterocycles. The van der Waals surface area contributed by atoms with Crippen molar-refractivity contribution in [1.82, 2.24) is 0 Å². The number of hydrogen-bond donors (Lipinski definition) is 1. The first-order valence-electron chi connectivity index (χ1n) is 5.65. The highest BCUT2D eigenvalue weighted by Gasteiger charge is 2.16. The van der Waals surface area contributed by atoms with Crippen LogP contribution in [0.5, 0.6) is 0 Å². The molecule has 0 radical (unpaired) electrons. The summed E-state index contributed by atoms with van der Waals surface area (Å²) in [4.78, 5) is 0. The lowest BCUT2D eigenvalue weighted by atomic mass is 10.2. The van der Waals surface area contributed by atoms with Crippen LogP contribution in [0.4, 0.5) is 0 Å². The van der Waals surface area contributed by atoms with Gasteiger partial charge in [-0.05, 0) is 20.3 Å². The van der Waals surface area contributed by atoms with Crippen LogP contribution in [0.3, 0.4) is 0 Å². The van der Waals surface area contributed by atoms with Crippen LogP contribution in [0.1, 0.15) is 40.0 Å². The molecule has 0 bridgehead atoms. The number of aliphatic hydroxyl groups excluding tert-OH is 1. The predicted molar refractivity (Wildman–Crippen MR) is 60.3 cm³/mol. The van der Waals surface area contributed by atoms with Crippen molar-refractivity contribution in [3.8, 4) is 11.8 Å². The molecular weight excluding hydrogens is 192 g/mol. The van der Waals surface area contributed by atoms with Crippen molar-refractivity contribution in [3.05, 3.63) is 0 Å². The zero-order chi connectivity index (χ0) is 11.5. The molecule has 0 rings (SSSR count). The van der Waals surface area contributed by atoms with Crippen LogP contribution in [0.25, 0.3) is 0 Å². The smallest absolute Gasteiger partial charge is 0.194 e. The molecule has 1 N–H and O–H groups in total. The maximum absolute atomic E-state index is 9.65. The Morgan fingerprint density at radius 1 is 1.13 bits per heavy atom. The molecule has 0 saturated heterocycles. The fourth-order valence-corrected chi connectivity index (χ4v) is 1.07. The highest BCUT2D eigenvalue weighted by molar-refractivity contribution is 5.05. The van der Waals surface area contributed by atoms with E-state index in [1.165, 1.54) is 0 Å². The van der Waals surface area contributed by atoms with Gasteiger partial charge in [0.25, 0.3) is 0 Å². The highest BCUT2D eigenvalue weighted by atomic mass is 16.7. The topological polar surface area (TPSA) is 38.7 Å². The molecule has 0 aliphatic heterocycles. The second-order valence-electron chi connectivity index (χ2n) is 3.15. The van der Waals surface area contributed by atoms with Gasteiger partial charge in [-0.3, -0.25) is 0 Å². The van der Waals surface area contributed by atoms with E-state index in [1.54, 1.807) is 0 Å². The predicted octanol–water partition coefficient (Wildman–Crippen LogP) is 1.94. The first kappa shape index (κ1) is 14.4. The van der Waals surface area contributed by atoms with E-state index >= 15 is 0 Å². The highest BCUT2D eigenvalue weighted by Crippen LogP contribution is 2.01. The normalized spacial score (nSPS) is 12.3. The van der Waals surface area contributed by atoms with Crippen LogP contribution in [0.15, 0.2) is 0 Å². The van der Waals surface area contributed by atoms with E-state index in [0.717, 1.165) is 19.3 Å². The molecule has 3 heteroatoms. The monoisotopic (exact) mass is 214 g/mol. The van der Waals surface area contributed by atoms with E-state index in [9.17, 15) is 5.11 Å². The Labute approximate surface area is 92.8 Å². The lowest BCUT2D eigenvalue weighted by Gasteiger charge is -2.18. The van der Waals surface area contributed by atoms with E-state index in [0.29, 0.717) is 13.2 Å². The molecule has 0 aliphatic rings. The van der Waals surface area contributed by atoms with Gasteiger partial charge in [-0.1, -0.05) is 19.3 Å². The van der Waals surface area contributed by atoms with E-state index < -0.39 is 12.4 Å². The maximum Gasteiger partial charge on any atom is 0.194 e. The van der Waals surface area contributed by atoms with Gasteiger partial charge in [-0.15, -0.1) is 5.92 Å². The van der Waals surface area contributed by atoms with Gasteiger partial charge in [0.1, 0.15) is 0 Å². The second-order valence-corrected chi connectivity index (χ2v) is 3.15. The lowest BCUT2D eigenvalue weighted by Crippen LogP contribution is -2.30. The first-order chi connectivity index (χ1) is 7.26. The van der Waals surface area contributed by atoms with Crippen molar-refractivity contribution >= 4 is 0 Å². The van der Waals surface area contributed by atoms with Crippen LogP contribution in [-0.4, -0.2) is 30.7 Å². The number of hydrogen-bond acceptors (Lipinski definition) is 3. The minimum atomic E-state index is -0.846. The largest absolute Gasteiger partial charge is 0.375 e. The van der Waals surface area contributed by atoms with Gasteiger partial charge in [0.05, 0.1) is 0 Å². The Kier molecular flexibility index (Phi) is 9.60. The first-order valence-corrected chi connectivity index (χ1v) is 5.65. The van der Waals surface area contributed by atoms with Gasteiger partial charge in [-0.2, -0.15) is 0 Å². The van der Waals surface area contributed by atoms with Crippen LogP contribution in [0.2, 0.25) is 0 Å². The quantitative estimate of drug-likeness (QED) is 0.400. The fraction of sp³-hybridized carbons (Fsp3) is 0.833. The summed E-state index contributed by atoms with van der Waals surface area (Å²) < 4.78 is 10.5. The van der Waals surface area contributed by atoms with E-state index in [4.69, 9.17) is 9.47 Å². The molecule has 0 aromatic rings. The van der Waals surface area contributed by atoms with E-state index in [-0.39, 0.29) is 0 Å². The third kappa shape index (κ3) is 7.38. The van der Waals surface area contributed by atoms with Crippen molar-refractivity contribution in [3.63, 3.8) is 0 Å². The Morgan fingerprint density at radius 3 is 2.20 bits per heavy atom. The number of aliphatic hydroxyl groups is 1. The number of rotatable bonds is 7. The van der Waals surface area contributed by atoms with Crippen molar-refractivity contribution < 1.29 is 14.6 Å². The van der Waals surface area contributed by atoms with E-state index in [1.807, 2.05) is 13.8 Å². The molecule has 0 heterocycles. The van der Waals surface area contributed by atoms with Crippen LogP contribution < -0.4 is 0 Å². The summed E-state index contributed by atoms with van der Waals surface area (Å²) in [7, 11) is 0.